The van der Waals surface area contributed by atoms with Crippen LogP contribution in [-0.4, -0.2) is 0 Å². The van der Waals surface area contributed by atoms with E-state index in [0.29, 0.717) is 0 Å². The molecule has 0 heterocycles. The molecule has 1 aliphatic rings. The summed E-state index contributed by atoms with van der Waals surface area (Å²) in [6.45, 7) is 4.65. The van der Waals surface area contributed by atoms with Crippen molar-refractivity contribution in [3.05, 3.63) is 6.42 Å². The second-order valence-electron chi connectivity index (χ2n) is 2.91. The maximum atomic E-state index is 2.43. The van der Waals surface area contributed by atoms with E-state index in [1.807, 2.05) is 0 Å². The fourth-order valence-corrected chi connectivity index (χ4v) is 1.57. The van der Waals surface area contributed by atoms with Crippen molar-refractivity contribution in [1.82, 2.24) is 0 Å². The zero-order valence-electron chi connectivity index (χ0n) is 5.85. The number of hydrogen-bond donors (Lipinski definition) is 0. The Hall–Kier alpha value is 0. The van der Waals surface area contributed by atoms with E-state index in [9.17, 15) is 0 Å². The Morgan fingerprint density at radius 2 is 2.25 bits per heavy atom. The summed E-state index contributed by atoms with van der Waals surface area (Å²) in [5, 5.41) is 0. The monoisotopic (exact) mass is 111 g/mol. The van der Waals surface area contributed by atoms with Crippen LogP contribution in [-0.2, 0) is 0 Å². The predicted molar refractivity (Wildman–Crippen MR) is 36.5 cm³/mol. The maximum absolute atomic E-state index is 2.43. The first-order chi connectivity index (χ1) is 3.84. The average molecular weight is 111 g/mol. The van der Waals surface area contributed by atoms with Gasteiger partial charge < -0.3 is 0 Å². The lowest BCUT2D eigenvalue weighted by Crippen LogP contribution is -2.00. The normalized spacial score (nSPS) is 38.2. The summed E-state index contributed by atoms with van der Waals surface area (Å²) in [7, 11) is 0. The van der Waals surface area contributed by atoms with E-state index in [-0.39, 0.29) is 0 Å². The van der Waals surface area contributed by atoms with Gasteiger partial charge in [0.25, 0.3) is 0 Å². The van der Waals surface area contributed by atoms with E-state index in [0.717, 1.165) is 11.8 Å². The molecule has 0 aromatic heterocycles. The van der Waals surface area contributed by atoms with Crippen molar-refractivity contribution < 1.29 is 0 Å². The van der Waals surface area contributed by atoms with Crippen molar-refractivity contribution >= 4 is 0 Å². The molecule has 0 N–H and O–H groups in total. The summed E-state index contributed by atoms with van der Waals surface area (Å²) in [4.78, 5) is 0. The highest BCUT2D eigenvalue weighted by Crippen LogP contribution is 2.32. The zero-order chi connectivity index (χ0) is 5.98. The Bertz CT molecular complexity index is 66.4. The van der Waals surface area contributed by atoms with Gasteiger partial charge in [-0.2, -0.15) is 0 Å². The van der Waals surface area contributed by atoms with Crippen LogP contribution in [0.25, 0.3) is 0 Å². The number of hydrogen-bond acceptors (Lipinski definition) is 0. The second kappa shape index (κ2) is 2.52. The maximum Gasteiger partial charge on any atom is -0.0380 e. The molecule has 2 atom stereocenters. The van der Waals surface area contributed by atoms with Crippen molar-refractivity contribution in [2.45, 2.75) is 33.1 Å². The van der Waals surface area contributed by atoms with E-state index in [4.69, 9.17) is 0 Å². The Labute approximate surface area is 52.3 Å². The van der Waals surface area contributed by atoms with Gasteiger partial charge in [-0.25, -0.2) is 0 Å². The standard InChI is InChI=1S/C8H15/c1-3-8-6-4-5-7(8)2/h4,7-8H,3,5-6H2,1-2H3. The topological polar surface area (TPSA) is 0 Å². The van der Waals surface area contributed by atoms with Crippen LogP contribution < -0.4 is 0 Å². The van der Waals surface area contributed by atoms with Gasteiger partial charge in [-0.1, -0.05) is 20.3 Å². The molecule has 0 aliphatic heterocycles. The molecule has 0 saturated heterocycles. The third-order valence-corrected chi connectivity index (χ3v) is 2.34. The first kappa shape index (κ1) is 6.12. The van der Waals surface area contributed by atoms with E-state index in [1.165, 1.54) is 19.3 Å². The summed E-state index contributed by atoms with van der Waals surface area (Å²) in [5.74, 6) is 1.98. The third-order valence-electron chi connectivity index (χ3n) is 2.34. The van der Waals surface area contributed by atoms with E-state index in [1.54, 1.807) is 0 Å². The molecule has 2 unspecified atom stereocenters. The lowest BCUT2D eigenvalue weighted by atomic mass is 9.96. The van der Waals surface area contributed by atoms with Crippen LogP contribution in [0.2, 0.25) is 0 Å². The zero-order valence-corrected chi connectivity index (χ0v) is 5.85. The number of rotatable bonds is 1. The van der Waals surface area contributed by atoms with E-state index in [2.05, 4.69) is 20.3 Å². The summed E-state index contributed by atoms with van der Waals surface area (Å²) >= 11 is 0. The highest BCUT2D eigenvalue weighted by molar-refractivity contribution is 4.84. The average Bonchev–Trinajstić information content (AvgIpc) is 2.14. The van der Waals surface area contributed by atoms with Crippen molar-refractivity contribution in [2.75, 3.05) is 0 Å². The molecule has 1 saturated carbocycles. The van der Waals surface area contributed by atoms with Gasteiger partial charge in [-0.3, -0.25) is 0 Å². The summed E-state index contributed by atoms with van der Waals surface area (Å²) < 4.78 is 0. The SMILES string of the molecule is CCC1C[CH]CC1C. The summed E-state index contributed by atoms with van der Waals surface area (Å²) in [6.07, 6.45) is 6.53. The van der Waals surface area contributed by atoms with Crippen LogP contribution in [0.1, 0.15) is 33.1 Å². The molecule has 1 rings (SSSR count). The molecule has 47 valence electrons. The van der Waals surface area contributed by atoms with Gasteiger partial charge in [-0.15, -0.1) is 0 Å². The minimum atomic E-state index is 0.972. The molecule has 0 nitrogen and oxygen atoms in total. The van der Waals surface area contributed by atoms with Crippen LogP contribution >= 0.6 is 0 Å². The first-order valence-electron chi connectivity index (χ1n) is 3.66. The highest BCUT2D eigenvalue weighted by Gasteiger charge is 2.20. The molecule has 1 radical (unpaired) electrons. The van der Waals surface area contributed by atoms with Crippen LogP contribution in [0.15, 0.2) is 0 Å². The molecule has 0 aromatic rings. The molecule has 0 bridgehead atoms. The van der Waals surface area contributed by atoms with Gasteiger partial charge in [0.15, 0.2) is 0 Å². The molecule has 1 fully saturated rings. The van der Waals surface area contributed by atoms with Gasteiger partial charge in [0.2, 0.25) is 0 Å². The lowest BCUT2D eigenvalue weighted by Gasteiger charge is -2.10. The van der Waals surface area contributed by atoms with Crippen molar-refractivity contribution in [3.8, 4) is 0 Å². The smallest absolute Gasteiger partial charge is 0.0380 e. The summed E-state index contributed by atoms with van der Waals surface area (Å²) in [6, 6.07) is 0. The van der Waals surface area contributed by atoms with Gasteiger partial charge in [-0.05, 0) is 31.1 Å². The first-order valence-corrected chi connectivity index (χ1v) is 3.66. The molecule has 0 spiro atoms. The minimum absolute atomic E-state index is 0.972. The largest absolute Gasteiger partial charge is 0.0651 e. The molecular weight excluding hydrogens is 96.1 g/mol. The Morgan fingerprint density at radius 3 is 2.50 bits per heavy atom. The van der Waals surface area contributed by atoms with Crippen LogP contribution in [0.3, 0.4) is 0 Å². The third kappa shape index (κ3) is 1.04. The van der Waals surface area contributed by atoms with Crippen LogP contribution in [0, 0.1) is 18.3 Å². The predicted octanol–water partition coefficient (Wildman–Crippen LogP) is 2.65. The van der Waals surface area contributed by atoms with Crippen molar-refractivity contribution in [3.63, 3.8) is 0 Å². The molecule has 0 aromatic carbocycles. The quantitative estimate of drug-likeness (QED) is 0.488. The molecule has 0 amide bonds. The minimum Gasteiger partial charge on any atom is -0.0651 e. The van der Waals surface area contributed by atoms with Crippen molar-refractivity contribution in [2.24, 2.45) is 11.8 Å². The second-order valence-corrected chi connectivity index (χ2v) is 2.91. The Balaban J connectivity index is 2.30. The lowest BCUT2D eigenvalue weighted by molar-refractivity contribution is 0.407. The van der Waals surface area contributed by atoms with Gasteiger partial charge >= 0.3 is 0 Å². The van der Waals surface area contributed by atoms with E-state index < -0.39 is 0 Å². The fraction of sp³-hybridized carbons (Fsp3) is 0.875. The molecule has 0 heteroatoms. The Morgan fingerprint density at radius 1 is 1.50 bits per heavy atom. The Kier molecular flexibility index (Phi) is 1.93. The molecule has 8 heavy (non-hydrogen) atoms. The van der Waals surface area contributed by atoms with Crippen LogP contribution in [0.5, 0.6) is 0 Å². The summed E-state index contributed by atoms with van der Waals surface area (Å²) in [5.41, 5.74) is 0. The van der Waals surface area contributed by atoms with Gasteiger partial charge in [0, 0.05) is 0 Å². The van der Waals surface area contributed by atoms with Crippen molar-refractivity contribution in [1.29, 1.82) is 0 Å². The van der Waals surface area contributed by atoms with E-state index >= 15 is 0 Å². The van der Waals surface area contributed by atoms with Crippen LogP contribution in [0.4, 0.5) is 0 Å². The van der Waals surface area contributed by atoms with Gasteiger partial charge in [0.05, 0.1) is 0 Å². The molecular formula is C8H15. The highest BCUT2D eigenvalue weighted by atomic mass is 14.3. The molecule has 1 aliphatic carbocycles. The van der Waals surface area contributed by atoms with Gasteiger partial charge in [0.1, 0.15) is 0 Å². The fourth-order valence-electron chi connectivity index (χ4n) is 1.57.